The number of rotatable bonds is 4. The van der Waals surface area contributed by atoms with E-state index < -0.39 is 0 Å². The molecule has 2 fully saturated rings. The van der Waals surface area contributed by atoms with Gasteiger partial charge >= 0.3 is 0 Å². The summed E-state index contributed by atoms with van der Waals surface area (Å²) in [5.41, 5.74) is 2.99. The zero-order valence-corrected chi connectivity index (χ0v) is 14.7. The largest absolute Gasteiger partial charge is 0.314 e. The molecule has 0 unspecified atom stereocenters. The monoisotopic (exact) mass is 330 g/mol. The highest BCUT2D eigenvalue weighted by molar-refractivity contribution is 5.85. The van der Waals surface area contributed by atoms with Crippen molar-refractivity contribution >= 4 is 24.8 Å². The first-order valence-corrected chi connectivity index (χ1v) is 7.80. The van der Waals surface area contributed by atoms with Gasteiger partial charge in [-0.1, -0.05) is 38.1 Å². The zero-order chi connectivity index (χ0) is 13.2. The maximum absolute atomic E-state index is 3.46. The van der Waals surface area contributed by atoms with Gasteiger partial charge in [-0.05, 0) is 35.8 Å². The van der Waals surface area contributed by atoms with Gasteiger partial charge in [-0.25, -0.2) is 0 Å². The van der Waals surface area contributed by atoms with E-state index in [1.165, 1.54) is 37.1 Å². The molecule has 21 heavy (non-hydrogen) atoms. The molecule has 4 heteroatoms. The number of hydrogen-bond donors (Lipinski definition) is 1. The Balaban J connectivity index is 0.00000110. The van der Waals surface area contributed by atoms with Crippen LogP contribution in [0, 0.1) is 5.92 Å². The molecule has 2 aliphatic rings. The van der Waals surface area contributed by atoms with Crippen molar-refractivity contribution in [2.24, 2.45) is 5.92 Å². The predicted octanol–water partition coefficient (Wildman–Crippen LogP) is 4.01. The van der Waals surface area contributed by atoms with Gasteiger partial charge in [0, 0.05) is 32.2 Å². The quantitative estimate of drug-likeness (QED) is 0.897. The van der Waals surface area contributed by atoms with Crippen molar-refractivity contribution in [3.63, 3.8) is 0 Å². The summed E-state index contributed by atoms with van der Waals surface area (Å²) in [6.45, 7) is 9.23. The standard InChI is InChI=1S/C17H26N2.2ClH/c1-13(2)14-3-5-15(6-4-14)17(16-7-8-16)19-11-9-18-10-12-19;;/h3-6,13,16-18H,7-12H2,1-2H3;2*1H/t17-;;/m0../s1. The molecule has 1 saturated carbocycles. The highest BCUT2D eigenvalue weighted by atomic mass is 35.5. The second-order valence-corrected chi connectivity index (χ2v) is 6.39. The predicted molar refractivity (Wildman–Crippen MR) is 94.9 cm³/mol. The van der Waals surface area contributed by atoms with E-state index in [2.05, 4.69) is 48.3 Å². The minimum Gasteiger partial charge on any atom is -0.314 e. The first-order chi connectivity index (χ1) is 9.25. The number of benzene rings is 1. The van der Waals surface area contributed by atoms with Crippen LogP contribution in [0.15, 0.2) is 24.3 Å². The summed E-state index contributed by atoms with van der Waals surface area (Å²) in [5.74, 6) is 1.54. The van der Waals surface area contributed by atoms with Crippen LogP contribution in [0.3, 0.4) is 0 Å². The van der Waals surface area contributed by atoms with E-state index in [-0.39, 0.29) is 24.8 Å². The number of halogens is 2. The fourth-order valence-corrected chi connectivity index (χ4v) is 3.23. The lowest BCUT2D eigenvalue weighted by molar-refractivity contribution is 0.156. The summed E-state index contributed by atoms with van der Waals surface area (Å²) in [4.78, 5) is 2.69. The molecule has 1 atom stereocenters. The van der Waals surface area contributed by atoms with Gasteiger partial charge in [-0.15, -0.1) is 24.8 Å². The molecule has 1 saturated heterocycles. The van der Waals surface area contributed by atoms with Gasteiger partial charge in [-0.2, -0.15) is 0 Å². The van der Waals surface area contributed by atoms with Gasteiger partial charge in [0.05, 0.1) is 0 Å². The second kappa shape index (κ2) is 8.38. The van der Waals surface area contributed by atoms with Crippen molar-refractivity contribution < 1.29 is 0 Å². The molecule has 3 rings (SSSR count). The van der Waals surface area contributed by atoms with Crippen LogP contribution in [0.25, 0.3) is 0 Å². The second-order valence-electron chi connectivity index (χ2n) is 6.39. The van der Waals surface area contributed by atoms with Crippen molar-refractivity contribution in [3.8, 4) is 0 Å². The molecule has 0 amide bonds. The normalized spacial score (nSPS) is 20.5. The van der Waals surface area contributed by atoms with E-state index in [1.807, 2.05) is 0 Å². The summed E-state index contributed by atoms with van der Waals surface area (Å²) in [6, 6.07) is 10.1. The molecule has 0 bridgehead atoms. The lowest BCUT2D eigenvalue weighted by Crippen LogP contribution is -2.45. The molecular formula is C17H28Cl2N2. The molecule has 120 valence electrons. The minimum absolute atomic E-state index is 0. The maximum atomic E-state index is 3.46. The molecule has 1 heterocycles. The zero-order valence-electron chi connectivity index (χ0n) is 13.0. The first kappa shape index (κ1) is 18.8. The van der Waals surface area contributed by atoms with Crippen molar-refractivity contribution in [3.05, 3.63) is 35.4 Å². The Kier molecular flexibility index (Phi) is 7.49. The molecule has 2 nitrogen and oxygen atoms in total. The highest BCUT2D eigenvalue weighted by Gasteiger charge is 2.36. The van der Waals surface area contributed by atoms with E-state index in [0.29, 0.717) is 12.0 Å². The lowest BCUT2D eigenvalue weighted by atomic mass is 9.95. The summed E-state index contributed by atoms with van der Waals surface area (Å²) in [7, 11) is 0. The van der Waals surface area contributed by atoms with Gasteiger partial charge in [0.2, 0.25) is 0 Å². The summed E-state index contributed by atoms with van der Waals surface area (Å²) < 4.78 is 0. The van der Waals surface area contributed by atoms with Crippen molar-refractivity contribution in [2.75, 3.05) is 26.2 Å². The average molecular weight is 331 g/mol. The van der Waals surface area contributed by atoms with Crippen molar-refractivity contribution in [2.45, 2.75) is 38.6 Å². The lowest BCUT2D eigenvalue weighted by Gasteiger charge is -2.35. The van der Waals surface area contributed by atoms with Crippen LogP contribution in [0.2, 0.25) is 0 Å². The summed E-state index contributed by atoms with van der Waals surface area (Å²) >= 11 is 0. The third-order valence-electron chi connectivity index (χ3n) is 4.56. The minimum atomic E-state index is 0. The van der Waals surface area contributed by atoms with Gasteiger partial charge in [-0.3, -0.25) is 4.90 Å². The van der Waals surface area contributed by atoms with Crippen LogP contribution >= 0.6 is 24.8 Å². The van der Waals surface area contributed by atoms with Crippen LogP contribution < -0.4 is 5.32 Å². The van der Waals surface area contributed by atoms with E-state index in [0.717, 1.165) is 19.0 Å². The molecule has 0 radical (unpaired) electrons. The van der Waals surface area contributed by atoms with E-state index in [9.17, 15) is 0 Å². The van der Waals surface area contributed by atoms with E-state index in [4.69, 9.17) is 0 Å². The number of nitrogens with one attached hydrogen (secondary N) is 1. The Morgan fingerprint density at radius 3 is 1.95 bits per heavy atom. The van der Waals surface area contributed by atoms with Gasteiger partial charge in [0.1, 0.15) is 0 Å². The van der Waals surface area contributed by atoms with Crippen LogP contribution in [-0.4, -0.2) is 31.1 Å². The Morgan fingerprint density at radius 2 is 1.48 bits per heavy atom. The van der Waals surface area contributed by atoms with Crippen LogP contribution in [0.5, 0.6) is 0 Å². The first-order valence-electron chi connectivity index (χ1n) is 7.80. The molecule has 1 aromatic carbocycles. The molecule has 1 N–H and O–H groups in total. The summed E-state index contributed by atoms with van der Waals surface area (Å²) in [6.07, 6.45) is 2.83. The van der Waals surface area contributed by atoms with Gasteiger partial charge in [0.25, 0.3) is 0 Å². The molecule has 0 spiro atoms. The Bertz CT molecular complexity index is 409. The van der Waals surface area contributed by atoms with E-state index >= 15 is 0 Å². The van der Waals surface area contributed by atoms with Gasteiger partial charge < -0.3 is 5.32 Å². The van der Waals surface area contributed by atoms with Crippen LogP contribution in [0.1, 0.15) is 49.8 Å². The Morgan fingerprint density at radius 1 is 0.952 bits per heavy atom. The number of nitrogens with zero attached hydrogens (tertiary/aromatic N) is 1. The Hall–Kier alpha value is -0.280. The third-order valence-corrected chi connectivity index (χ3v) is 4.56. The molecule has 1 aliphatic carbocycles. The van der Waals surface area contributed by atoms with Crippen LogP contribution in [0.4, 0.5) is 0 Å². The summed E-state index contributed by atoms with van der Waals surface area (Å²) in [5, 5.41) is 3.46. The SMILES string of the molecule is CC(C)c1ccc([C@@H](C2CC2)N2CCNCC2)cc1.Cl.Cl. The Labute approximate surface area is 141 Å². The average Bonchev–Trinajstić information content (AvgIpc) is 3.25. The molecular weight excluding hydrogens is 303 g/mol. The molecule has 0 aromatic heterocycles. The highest BCUT2D eigenvalue weighted by Crippen LogP contribution is 2.44. The van der Waals surface area contributed by atoms with Crippen LogP contribution in [-0.2, 0) is 0 Å². The molecule has 1 aliphatic heterocycles. The fraction of sp³-hybridized carbons (Fsp3) is 0.647. The van der Waals surface area contributed by atoms with Gasteiger partial charge in [0.15, 0.2) is 0 Å². The topological polar surface area (TPSA) is 15.3 Å². The van der Waals surface area contributed by atoms with E-state index in [1.54, 1.807) is 0 Å². The number of piperazine rings is 1. The third kappa shape index (κ3) is 4.59. The van der Waals surface area contributed by atoms with Crippen molar-refractivity contribution in [1.29, 1.82) is 0 Å². The molecule has 1 aromatic rings. The maximum Gasteiger partial charge on any atom is 0.0377 e. The fourth-order valence-electron chi connectivity index (χ4n) is 3.23. The number of hydrogen-bond acceptors (Lipinski definition) is 2. The van der Waals surface area contributed by atoms with Crippen molar-refractivity contribution in [1.82, 2.24) is 10.2 Å². The smallest absolute Gasteiger partial charge is 0.0377 e.